The van der Waals surface area contributed by atoms with E-state index in [1.165, 1.54) is 31.4 Å². The van der Waals surface area contributed by atoms with Crippen molar-refractivity contribution in [2.75, 3.05) is 43.6 Å². The number of carboxylic acid groups (broad SMARTS) is 1. The Morgan fingerprint density at radius 1 is 1.20 bits per heavy atom. The molecule has 3 aromatic rings. The first-order valence-electron chi connectivity index (χ1n) is 13.3. The Labute approximate surface area is 232 Å². The lowest BCUT2D eigenvalue weighted by Crippen LogP contribution is -2.38. The van der Waals surface area contributed by atoms with Crippen molar-refractivity contribution in [2.24, 2.45) is 5.92 Å². The van der Waals surface area contributed by atoms with E-state index in [1.54, 1.807) is 12.3 Å². The van der Waals surface area contributed by atoms with E-state index in [0.717, 1.165) is 43.5 Å². The molecule has 1 aromatic carbocycles. The summed E-state index contributed by atoms with van der Waals surface area (Å²) in [4.78, 5) is 23.1. The quantitative estimate of drug-likeness (QED) is 0.385. The van der Waals surface area contributed by atoms with Crippen LogP contribution in [0.15, 0.2) is 42.6 Å². The van der Waals surface area contributed by atoms with Gasteiger partial charge >= 0.3 is 5.97 Å². The van der Waals surface area contributed by atoms with Gasteiger partial charge in [-0.2, -0.15) is 0 Å². The molecule has 0 aliphatic carbocycles. The van der Waals surface area contributed by atoms with Crippen LogP contribution in [0.2, 0.25) is 0 Å². The second kappa shape index (κ2) is 12.3. The largest absolute Gasteiger partial charge is 0.496 e. The van der Waals surface area contributed by atoms with Gasteiger partial charge in [0.05, 0.1) is 41.3 Å². The zero-order valence-corrected chi connectivity index (χ0v) is 22.2. The van der Waals surface area contributed by atoms with Gasteiger partial charge in [0, 0.05) is 44.5 Å². The Morgan fingerprint density at radius 3 is 2.77 bits per heavy atom. The SMILES string of the molecule is COc1cccc(F)c1-c1nc(Nc2cc(N3CCC[C@H](O)C3)c(C#CC3CCOCC3)cn2)ccc1C(=O)O. The minimum atomic E-state index is -1.24. The predicted molar refractivity (Wildman–Crippen MR) is 149 cm³/mol. The average molecular weight is 547 g/mol. The number of β-amino-alcohol motifs (C(OH)–C–C–N with tert-alkyl or cyclic N) is 1. The number of halogens is 1. The third-order valence-electron chi connectivity index (χ3n) is 7.07. The molecule has 0 amide bonds. The highest BCUT2D eigenvalue weighted by Crippen LogP contribution is 2.35. The van der Waals surface area contributed by atoms with Crippen molar-refractivity contribution >= 4 is 23.3 Å². The van der Waals surface area contributed by atoms with Crippen molar-refractivity contribution in [2.45, 2.75) is 31.8 Å². The summed E-state index contributed by atoms with van der Waals surface area (Å²) >= 11 is 0. The molecule has 2 aliphatic rings. The number of nitrogens with zero attached hydrogens (tertiary/aromatic N) is 3. The Bertz CT molecular complexity index is 1450. The van der Waals surface area contributed by atoms with Crippen molar-refractivity contribution in [3.05, 3.63) is 59.5 Å². The fourth-order valence-electron chi connectivity index (χ4n) is 4.99. The summed E-state index contributed by atoms with van der Waals surface area (Å²) in [5, 5.41) is 23.2. The van der Waals surface area contributed by atoms with Gasteiger partial charge in [0.1, 0.15) is 23.2 Å². The van der Waals surface area contributed by atoms with Gasteiger partial charge in [-0.1, -0.05) is 17.9 Å². The third-order valence-corrected chi connectivity index (χ3v) is 7.07. The molecule has 10 heteroatoms. The molecule has 0 bridgehead atoms. The summed E-state index contributed by atoms with van der Waals surface area (Å²) in [5.74, 6) is 5.94. The van der Waals surface area contributed by atoms with E-state index in [9.17, 15) is 19.4 Å². The van der Waals surface area contributed by atoms with Crippen LogP contribution >= 0.6 is 0 Å². The minimum absolute atomic E-state index is 0.0410. The van der Waals surface area contributed by atoms with E-state index in [1.807, 2.05) is 6.07 Å². The number of aromatic carboxylic acids is 1. The molecule has 0 unspecified atom stereocenters. The molecule has 2 fully saturated rings. The number of carbonyl (C=O) groups is 1. The van der Waals surface area contributed by atoms with Crippen molar-refractivity contribution in [3.8, 4) is 28.8 Å². The highest BCUT2D eigenvalue weighted by Gasteiger charge is 2.23. The van der Waals surface area contributed by atoms with Gasteiger partial charge in [-0.15, -0.1) is 0 Å². The van der Waals surface area contributed by atoms with Gasteiger partial charge in [0.25, 0.3) is 0 Å². The van der Waals surface area contributed by atoms with Gasteiger partial charge in [-0.25, -0.2) is 19.2 Å². The Morgan fingerprint density at radius 2 is 2.02 bits per heavy atom. The molecule has 4 heterocycles. The maximum Gasteiger partial charge on any atom is 0.337 e. The molecule has 5 rings (SSSR count). The molecule has 1 atom stereocenters. The summed E-state index contributed by atoms with van der Waals surface area (Å²) in [6, 6.07) is 8.98. The third kappa shape index (κ3) is 6.17. The fraction of sp³-hybridized carbons (Fsp3) is 0.367. The number of benzene rings is 1. The number of aliphatic hydroxyl groups excluding tert-OH is 1. The zero-order valence-electron chi connectivity index (χ0n) is 22.2. The smallest absolute Gasteiger partial charge is 0.337 e. The Balaban J connectivity index is 1.50. The molecule has 40 heavy (non-hydrogen) atoms. The van der Waals surface area contributed by atoms with E-state index >= 15 is 0 Å². The van der Waals surface area contributed by atoms with E-state index < -0.39 is 17.9 Å². The lowest BCUT2D eigenvalue weighted by molar-refractivity contribution is 0.0697. The average Bonchev–Trinajstić information content (AvgIpc) is 2.96. The first-order chi connectivity index (χ1) is 19.4. The van der Waals surface area contributed by atoms with Crippen LogP contribution in [-0.4, -0.2) is 65.7 Å². The molecule has 0 radical (unpaired) electrons. The number of methoxy groups -OCH3 is 1. The van der Waals surface area contributed by atoms with Crippen molar-refractivity contribution in [3.63, 3.8) is 0 Å². The number of aliphatic hydroxyl groups is 1. The molecular weight excluding hydrogens is 515 g/mol. The van der Waals surface area contributed by atoms with Crippen LogP contribution in [0.1, 0.15) is 41.6 Å². The molecule has 0 saturated carbocycles. The van der Waals surface area contributed by atoms with Gasteiger partial charge in [0.2, 0.25) is 0 Å². The molecular formula is C30H31FN4O5. The number of rotatable bonds is 6. The maximum absolute atomic E-state index is 14.9. The van der Waals surface area contributed by atoms with Gasteiger partial charge in [-0.3, -0.25) is 0 Å². The van der Waals surface area contributed by atoms with Gasteiger partial charge in [-0.05, 0) is 49.9 Å². The fourth-order valence-corrected chi connectivity index (χ4v) is 4.99. The second-order valence-electron chi connectivity index (χ2n) is 9.82. The van der Waals surface area contributed by atoms with Crippen LogP contribution in [0.4, 0.5) is 21.7 Å². The Hall–Kier alpha value is -4.20. The lowest BCUT2D eigenvalue weighted by Gasteiger charge is -2.32. The summed E-state index contributed by atoms with van der Waals surface area (Å²) in [5.41, 5.74) is 1.33. The van der Waals surface area contributed by atoms with E-state index in [0.29, 0.717) is 25.6 Å². The van der Waals surface area contributed by atoms with E-state index in [-0.39, 0.29) is 34.3 Å². The standard InChI is InChI=1S/C30H31FN4O5/c1-39-25-6-2-5-23(31)28(25)29-22(30(37)38)9-10-26(34-29)33-27-16-24(35-13-3-4-21(36)18-35)20(17-32-27)8-7-19-11-14-40-15-12-19/h2,5-6,9-10,16-17,19,21,36H,3-4,11-15,18H2,1H3,(H,37,38)(H,32,33,34)/t21-/m0/s1. The number of ether oxygens (including phenoxy) is 2. The number of nitrogens with one attached hydrogen (secondary N) is 1. The predicted octanol–water partition coefficient (Wildman–Crippen LogP) is 4.47. The number of piperidine rings is 1. The molecule has 0 spiro atoms. The number of aromatic nitrogens is 2. The first-order valence-corrected chi connectivity index (χ1v) is 13.3. The number of pyridine rings is 2. The van der Waals surface area contributed by atoms with E-state index in [2.05, 4.69) is 32.0 Å². The minimum Gasteiger partial charge on any atom is -0.496 e. The van der Waals surface area contributed by atoms with Crippen LogP contribution < -0.4 is 15.0 Å². The van der Waals surface area contributed by atoms with Crippen LogP contribution in [0, 0.1) is 23.6 Å². The molecule has 2 aliphatic heterocycles. The topological polar surface area (TPSA) is 117 Å². The van der Waals surface area contributed by atoms with Crippen molar-refractivity contribution in [1.29, 1.82) is 0 Å². The highest BCUT2D eigenvalue weighted by molar-refractivity contribution is 5.96. The molecule has 3 N–H and O–H groups in total. The lowest BCUT2D eigenvalue weighted by atomic mass is 10.0. The molecule has 9 nitrogen and oxygen atoms in total. The summed E-state index contributed by atoms with van der Waals surface area (Å²) in [6.45, 7) is 2.67. The summed E-state index contributed by atoms with van der Waals surface area (Å²) < 4.78 is 25.6. The monoisotopic (exact) mass is 546 g/mol. The summed E-state index contributed by atoms with van der Waals surface area (Å²) in [7, 11) is 1.39. The van der Waals surface area contributed by atoms with E-state index in [4.69, 9.17) is 9.47 Å². The van der Waals surface area contributed by atoms with Crippen LogP contribution in [0.5, 0.6) is 5.75 Å². The van der Waals surface area contributed by atoms with Crippen LogP contribution in [0.25, 0.3) is 11.3 Å². The number of anilines is 3. The number of carboxylic acids is 1. The normalized spacial score (nSPS) is 17.6. The van der Waals surface area contributed by atoms with Crippen LogP contribution in [0.3, 0.4) is 0 Å². The van der Waals surface area contributed by atoms with Crippen LogP contribution in [-0.2, 0) is 4.74 Å². The number of hydrogen-bond donors (Lipinski definition) is 3. The van der Waals surface area contributed by atoms with Gasteiger partial charge < -0.3 is 29.9 Å². The Kier molecular flexibility index (Phi) is 8.43. The number of hydrogen-bond acceptors (Lipinski definition) is 8. The first kappa shape index (κ1) is 27.4. The van der Waals surface area contributed by atoms with Gasteiger partial charge in [0.15, 0.2) is 0 Å². The second-order valence-corrected chi connectivity index (χ2v) is 9.82. The molecule has 2 aromatic heterocycles. The maximum atomic E-state index is 14.9. The molecule has 208 valence electrons. The van der Waals surface area contributed by atoms with Crippen molar-refractivity contribution in [1.82, 2.24) is 9.97 Å². The zero-order chi connectivity index (χ0) is 28.1. The summed E-state index contributed by atoms with van der Waals surface area (Å²) in [6.07, 6.45) is 4.65. The molecule has 2 saturated heterocycles. The highest BCUT2D eigenvalue weighted by atomic mass is 19.1. The van der Waals surface area contributed by atoms with Crippen molar-refractivity contribution < 1.29 is 28.9 Å².